The van der Waals surface area contributed by atoms with Crippen molar-refractivity contribution in [3.05, 3.63) is 53.1 Å². The number of hydrogen-bond donors (Lipinski definition) is 2. The van der Waals surface area contributed by atoms with Crippen molar-refractivity contribution in [1.82, 2.24) is 25.0 Å². The number of phosphoric acid groups is 1. The highest BCUT2D eigenvalue weighted by Gasteiger charge is 2.32. The van der Waals surface area contributed by atoms with E-state index in [0.29, 0.717) is 41.6 Å². The Bertz CT molecular complexity index is 1200. The van der Waals surface area contributed by atoms with E-state index in [1.807, 2.05) is 13.0 Å². The maximum absolute atomic E-state index is 13.4. The van der Waals surface area contributed by atoms with Gasteiger partial charge in [-0.25, -0.2) is 14.2 Å². The van der Waals surface area contributed by atoms with E-state index in [1.54, 1.807) is 35.6 Å². The second-order valence-corrected chi connectivity index (χ2v) is 9.37. The first-order chi connectivity index (χ1) is 15.7. The molecule has 1 amide bonds. The zero-order valence-electron chi connectivity index (χ0n) is 17.7. The van der Waals surface area contributed by atoms with Crippen molar-refractivity contribution in [1.29, 1.82) is 0 Å². The molecule has 0 radical (unpaired) electrons. The van der Waals surface area contributed by atoms with E-state index in [4.69, 9.17) is 21.4 Å². The number of anilines is 1. The lowest BCUT2D eigenvalue weighted by Gasteiger charge is -2.32. The van der Waals surface area contributed by atoms with Crippen LogP contribution in [-0.2, 0) is 27.0 Å². The average Bonchev–Trinajstić information content (AvgIpc) is 3.19. The Balaban J connectivity index is 1.65. The molecule has 2 N–H and O–H groups in total. The molecule has 1 aliphatic heterocycles. The summed E-state index contributed by atoms with van der Waals surface area (Å²) >= 11 is 5.86. The van der Waals surface area contributed by atoms with E-state index < -0.39 is 14.6 Å². The van der Waals surface area contributed by atoms with E-state index >= 15 is 0 Å². The molecule has 174 valence electrons. The second kappa shape index (κ2) is 9.66. The Morgan fingerprint density at radius 1 is 1.24 bits per heavy atom. The third kappa shape index (κ3) is 5.63. The lowest BCUT2D eigenvalue weighted by atomic mass is 9.91. The average molecular weight is 493 g/mol. The van der Waals surface area contributed by atoms with Gasteiger partial charge in [0.25, 0.3) is 0 Å². The van der Waals surface area contributed by atoms with Crippen LogP contribution in [0.1, 0.15) is 24.0 Å². The number of rotatable bonds is 7. The second-order valence-electron chi connectivity index (χ2n) is 7.74. The van der Waals surface area contributed by atoms with Crippen molar-refractivity contribution in [3.63, 3.8) is 0 Å². The van der Waals surface area contributed by atoms with Crippen LogP contribution < -0.4 is 4.90 Å². The van der Waals surface area contributed by atoms with Gasteiger partial charge in [-0.1, -0.05) is 17.7 Å². The van der Waals surface area contributed by atoms with Crippen LogP contribution in [0, 0.1) is 12.8 Å². The van der Waals surface area contributed by atoms with E-state index in [9.17, 15) is 9.36 Å². The Kier molecular flexibility index (Phi) is 6.87. The molecule has 1 aliphatic rings. The largest absolute Gasteiger partial charge is 0.471 e. The molecule has 1 fully saturated rings. The van der Waals surface area contributed by atoms with Crippen LogP contribution in [0.25, 0.3) is 11.3 Å². The highest BCUT2D eigenvalue weighted by molar-refractivity contribution is 7.46. The first-order valence-corrected chi connectivity index (χ1v) is 12.1. The fourth-order valence-electron chi connectivity index (χ4n) is 3.81. The summed E-state index contributed by atoms with van der Waals surface area (Å²) in [6.45, 7) is 1.77. The minimum absolute atomic E-state index is 0.107. The minimum atomic E-state index is -4.75. The zero-order valence-corrected chi connectivity index (χ0v) is 19.4. The summed E-state index contributed by atoms with van der Waals surface area (Å²) in [7, 11) is -4.75. The molecule has 0 unspecified atom stereocenters. The van der Waals surface area contributed by atoms with Gasteiger partial charge in [-0.05, 0) is 43.4 Å². The van der Waals surface area contributed by atoms with Crippen LogP contribution >= 0.6 is 19.4 Å². The number of piperidine rings is 1. The monoisotopic (exact) mass is 492 g/mol. The van der Waals surface area contributed by atoms with Gasteiger partial charge in [0.1, 0.15) is 11.0 Å². The van der Waals surface area contributed by atoms with Crippen molar-refractivity contribution >= 4 is 31.1 Å². The lowest BCUT2D eigenvalue weighted by molar-refractivity contribution is -0.123. The van der Waals surface area contributed by atoms with E-state index in [0.717, 1.165) is 17.5 Å². The number of pyridine rings is 1. The molecule has 4 rings (SSSR count). The lowest BCUT2D eigenvalue weighted by Crippen LogP contribution is -2.43. The number of halogens is 1. The summed E-state index contributed by atoms with van der Waals surface area (Å²) in [5.41, 5.74) is 2.89. The van der Waals surface area contributed by atoms with Gasteiger partial charge in [-0.2, -0.15) is 15.3 Å². The maximum Gasteiger partial charge on any atom is 0.471 e. The fourth-order valence-corrected chi connectivity index (χ4v) is 4.18. The van der Waals surface area contributed by atoms with Gasteiger partial charge >= 0.3 is 7.82 Å². The number of hydrogen-bond acceptors (Lipinski definition) is 7. The fraction of sp³-hybridized carbons (Fsp3) is 0.350. The predicted molar refractivity (Wildman–Crippen MR) is 119 cm³/mol. The van der Waals surface area contributed by atoms with Gasteiger partial charge in [-0.3, -0.25) is 14.2 Å². The molecule has 0 aromatic carbocycles. The molecular formula is C20H22ClN6O5P. The van der Waals surface area contributed by atoms with Gasteiger partial charge in [0.15, 0.2) is 6.73 Å². The van der Waals surface area contributed by atoms with E-state index in [-0.39, 0.29) is 11.8 Å². The number of nitrogens with zero attached hydrogens (tertiary/aromatic N) is 6. The third-order valence-corrected chi connectivity index (χ3v) is 6.08. The maximum atomic E-state index is 13.4. The summed E-state index contributed by atoms with van der Waals surface area (Å²) in [4.78, 5) is 37.4. The molecule has 0 bridgehead atoms. The van der Waals surface area contributed by atoms with Gasteiger partial charge in [-0.15, -0.1) is 0 Å². The minimum Gasteiger partial charge on any atom is -0.303 e. The summed E-state index contributed by atoms with van der Waals surface area (Å²) in [6, 6.07) is 5.22. The van der Waals surface area contributed by atoms with Crippen LogP contribution in [0.3, 0.4) is 0 Å². The van der Waals surface area contributed by atoms with Gasteiger partial charge in [0, 0.05) is 30.3 Å². The molecule has 1 saturated heterocycles. The molecule has 3 aromatic heterocycles. The number of amides is 1. The summed E-state index contributed by atoms with van der Waals surface area (Å²) in [5, 5.41) is 12.5. The predicted octanol–water partition coefficient (Wildman–Crippen LogP) is 2.75. The number of phosphoric ester groups is 1. The van der Waals surface area contributed by atoms with E-state index in [1.165, 1.54) is 4.68 Å². The van der Waals surface area contributed by atoms with Gasteiger partial charge < -0.3 is 9.79 Å². The molecule has 4 heterocycles. The number of aromatic nitrogens is 5. The van der Waals surface area contributed by atoms with Gasteiger partial charge in [0.2, 0.25) is 5.91 Å². The quantitative estimate of drug-likeness (QED) is 0.375. The number of carbonyl (C=O) groups is 1. The summed E-state index contributed by atoms with van der Waals surface area (Å²) in [5.74, 6) is 0.00352. The first kappa shape index (κ1) is 23.5. The summed E-state index contributed by atoms with van der Waals surface area (Å²) in [6.07, 6.45) is 6.77. The van der Waals surface area contributed by atoms with Crippen LogP contribution in [0.5, 0.6) is 0 Å². The van der Waals surface area contributed by atoms with Crippen molar-refractivity contribution in [2.75, 3.05) is 11.4 Å². The van der Waals surface area contributed by atoms with Crippen molar-refractivity contribution in [2.24, 2.45) is 5.92 Å². The third-order valence-electron chi connectivity index (χ3n) is 5.41. The molecule has 3 aromatic rings. The molecule has 33 heavy (non-hydrogen) atoms. The standard InChI is InChI=1S/C20H22ClN6O5P/c1-13-9-23-24-11-16(13)17-8-19(27(25-17)12-32-33(29,30)31)26-6-2-3-15(20(26)28)7-14-4-5-18(21)22-10-14/h4-5,8-11,15H,2-3,6-7,12H2,1H3,(H2,29,30,31)/t15-/m0/s1. The molecule has 11 nitrogen and oxygen atoms in total. The molecule has 0 spiro atoms. The van der Waals surface area contributed by atoms with Gasteiger partial charge in [0.05, 0.1) is 18.1 Å². The molecule has 1 atom stereocenters. The summed E-state index contributed by atoms with van der Waals surface area (Å²) < 4.78 is 17.2. The Labute approximate surface area is 194 Å². The molecule has 0 aliphatic carbocycles. The van der Waals surface area contributed by atoms with Crippen LogP contribution in [0.2, 0.25) is 5.15 Å². The van der Waals surface area contributed by atoms with Crippen molar-refractivity contribution in [3.8, 4) is 11.3 Å². The highest BCUT2D eigenvalue weighted by atomic mass is 35.5. The molecule has 0 saturated carbocycles. The van der Waals surface area contributed by atoms with E-state index in [2.05, 4.69) is 24.8 Å². The smallest absolute Gasteiger partial charge is 0.303 e. The molecule has 13 heteroatoms. The van der Waals surface area contributed by atoms with Crippen molar-refractivity contribution < 1.29 is 23.7 Å². The van der Waals surface area contributed by atoms with Crippen molar-refractivity contribution in [2.45, 2.75) is 32.9 Å². The highest BCUT2D eigenvalue weighted by Crippen LogP contribution is 2.37. The molecular weight excluding hydrogens is 471 g/mol. The van der Waals surface area contributed by atoms with Crippen LogP contribution in [-0.4, -0.2) is 47.2 Å². The normalized spacial score (nSPS) is 16.9. The SMILES string of the molecule is Cc1cnncc1-c1cc(N2CCC[C@@H](Cc3ccc(Cl)nc3)C2=O)n(COP(=O)(O)O)n1. The Morgan fingerprint density at radius 3 is 2.73 bits per heavy atom. The number of carbonyl (C=O) groups excluding carboxylic acids is 1. The first-order valence-electron chi connectivity index (χ1n) is 10.2. The number of aryl methyl sites for hydroxylation is 1. The zero-order chi connectivity index (χ0) is 23.6. The Hall–Kier alpha value is -2.69. The topological polar surface area (TPSA) is 144 Å². The van der Waals surface area contributed by atoms with Crippen LogP contribution in [0.15, 0.2) is 36.8 Å². The van der Waals surface area contributed by atoms with Crippen LogP contribution in [0.4, 0.5) is 5.82 Å². The Morgan fingerprint density at radius 2 is 2.03 bits per heavy atom.